The summed E-state index contributed by atoms with van der Waals surface area (Å²) in [5.74, 6) is -0.144. The highest BCUT2D eigenvalue weighted by atomic mass is 35.5. The molecule has 1 heterocycles. The molecule has 0 saturated heterocycles. The van der Waals surface area contributed by atoms with Crippen LogP contribution in [0.3, 0.4) is 0 Å². The van der Waals surface area contributed by atoms with Crippen LogP contribution in [0, 0.1) is 0 Å². The van der Waals surface area contributed by atoms with Gasteiger partial charge in [-0.1, -0.05) is 54.1 Å². The summed E-state index contributed by atoms with van der Waals surface area (Å²) in [6.45, 7) is 0.476. The number of hydrogen-bond donors (Lipinski definition) is 1. The Bertz CT molecular complexity index is 1190. The van der Waals surface area contributed by atoms with Gasteiger partial charge in [-0.3, -0.25) is 9.10 Å². The van der Waals surface area contributed by atoms with E-state index in [1.807, 2.05) is 24.3 Å². The van der Waals surface area contributed by atoms with Crippen molar-refractivity contribution in [1.29, 1.82) is 0 Å². The van der Waals surface area contributed by atoms with Crippen molar-refractivity contribution >= 4 is 38.9 Å². The number of benzene rings is 3. The summed E-state index contributed by atoms with van der Waals surface area (Å²) in [5.41, 5.74) is 3.29. The lowest BCUT2D eigenvalue weighted by atomic mass is 10.0. The zero-order chi connectivity index (χ0) is 21.8. The predicted molar refractivity (Wildman–Crippen MR) is 124 cm³/mol. The van der Waals surface area contributed by atoms with E-state index in [-0.39, 0.29) is 17.2 Å². The number of anilines is 2. The second kappa shape index (κ2) is 9.12. The number of rotatable bonds is 6. The van der Waals surface area contributed by atoms with Crippen LogP contribution in [-0.4, -0.2) is 20.9 Å². The van der Waals surface area contributed by atoms with E-state index in [0.29, 0.717) is 23.7 Å². The van der Waals surface area contributed by atoms with Crippen LogP contribution in [0.4, 0.5) is 11.4 Å². The Balaban J connectivity index is 1.42. The van der Waals surface area contributed by atoms with Crippen LogP contribution >= 0.6 is 11.6 Å². The number of sulfonamides is 1. The minimum absolute atomic E-state index is 0.144. The van der Waals surface area contributed by atoms with Crippen molar-refractivity contribution in [3.8, 4) is 0 Å². The number of para-hydroxylation sites is 2. The minimum atomic E-state index is -3.63. The SMILES string of the molecule is O=C(CCc1ccc(S(=O)(=O)N2CCCc3ccccc32)cc1)Nc1ccccc1Cl. The molecule has 160 valence electrons. The Morgan fingerprint density at radius 3 is 2.45 bits per heavy atom. The van der Waals surface area contributed by atoms with Gasteiger partial charge in [0, 0.05) is 13.0 Å². The van der Waals surface area contributed by atoms with Gasteiger partial charge in [0.1, 0.15) is 0 Å². The van der Waals surface area contributed by atoms with Crippen molar-refractivity contribution in [3.63, 3.8) is 0 Å². The highest BCUT2D eigenvalue weighted by Crippen LogP contribution is 2.31. The third-order valence-electron chi connectivity index (χ3n) is 5.37. The first-order valence-electron chi connectivity index (χ1n) is 10.2. The lowest BCUT2D eigenvalue weighted by Gasteiger charge is -2.30. The van der Waals surface area contributed by atoms with Gasteiger partial charge in [0.25, 0.3) is 10.0 Å². The molecule has 0 atom stereocenters. The molecule has 31 heavy (non-hydrogen) atoms. The first kappa shape index (κ1) is 21.4. The van der Waals surface area contributed by atoms with Crippen LogP contribution in [-0.2, 0) is 27.7 Å². The Morgan fingerprint density at radius 2 is 1.68 bits per heavy atom. The second-order valence-corrected chi connectivity index (χ2v) is 9.75. The fourth-order valence-corrected chi connectivity index (χ4v) is 5.46. The van der Waals surface area contributed by atoms with Gasteiger partial charge in [-0.05, 0) is 60.7 Å². The summed E-state index contributed by atoms with van der Waals surface area (Å²) in [5, 5.41) is 3.29. The molecule has 0 spiro atoms. The van der Waals surface area contributed by atoms with Gasteiger partial charge < -0.3 is 5.32 Å². The van der Waals surface area contributed by atoms with E-state index in [2.05, 4.69) is 5.32 Å². The van der Waals surface area contributed by atoms with E-state index >= 15 is 0 Å². The fraction of sp³-hybridized carbons (Fsp3) is 0.208. The Hall–Kier alpha value is -2.83. The topological polar surface area (TPSA) is 66.5 Å². The van der Waals surface area contributed by atoms with Crippen LogP contribution in [0.2, 0.25) is 5.02 Å². The van der Waals surface area contributed by atoms with Crippen molar-refractivity contribution in [3.05, 3.63) is 88.9 Å². The summed E-state index contributed by atoms with van der Waals surface area (Å²) >= 11 is 6.07. The Kier molecular flexibility index (Phi) is 6.30. The summed E-state index contributed by atoms with van der Waals surface area (Å²) < 4.78 is 27.9. The lowest BCUT2D eigenvalue weighted by Crippen LogP contribution is -2.35. The highest BCUT2D eigenvalue weighted by Gasteiger charge is 2.28. The summed E-state index contributed by atoms with van der Waals surface area (Å²) in [4.78, 5) is 12.5. The molecule has 0 unspecified atom stereocenters. The molecule has 1 aliphatic rings. The molecule has 5 nitrogen and oxygen atoms in total. The smallest absolute Gasteiger partial charge is 0.264 e. The molecule has 3 aromatic carbocycles. The standard InChI is InChI=1S/C24H23ClN2O3S/c25-21-8-2-3-9-22(21)26-24(28)16-13-18-11-14-20(15-12-18)31(29,30)27-17-5-7-19-6-1-4-10-23(19)27/h1-4,6,8-12,14-15H,5,7,13,16-17H2,(H,26,28). The summed E-state index contributed by atoms with van der Waals surface area (Å²) in [6.07, 6.45) is 2.46. The van der Waals surface area contributed by atoms with E-state index in [1.165, 1.54) is 4.31 Å². The molecule has 0 fully saturated rings. The van der Waals surface area contributed by atoms with Gasteiger partial charge in [0.05, 0.1) is 21.3 Å². The van der Waals surface area contributed by atoms with Gasteiger partial charge in [-0.2, -0.15) is 0 Å². The number of hydrogen-bond acceptors (Lipinski definition) is 3. The average molecular weight is 455 g/mol. The number of nitrogens with one attached hydrogen (secondary N) is 1. The van der Waals surface area contributed by atoms with Gasteiger partial charge in [-0.25, -0.2) is 8.42 Å². The monoisotopic (exact) mass is 454 g/mol. The van der Waals surface area contributed by atoms with Gasteiger partial charge in [-0.15, -0.1) is 0 Å². The quantitative estimate of drug-likeness (QED) is 0.566. The molecule has 0 aromatic heterocycles. The largest absolute Gasteiger partial charge is 0.325 e. The third kappa shape index (κ3) is 4.75. The first-order valence-corrected chi connectivity index (χ1v) is 12.0. The molecule has 1 N–H and O–H groups in total. The number of carbonyl (C=O) groups is 1. The summed E-state index contributed by atoms with van der Waals surface area (Å²) in [6, 6.07) is 21.5. The molecular weight excluding hydrogens is 432 g/mol. The van der Waals surface area contributed by atoms with E-state index in [9.17, 15) is 13.2 Å². The number of halogens is 1. The van der Waals surface area contributed by atoms with Crippen molar-refractivity contribution in [2.24, 2.45) is 0 Å². The second-order valence-electron chi connectivity index (χ2n) is 7.48. The van der Waals surface area contributed by atoms with Crippen LogP contribution < -0.4 is 9.62 Å². The molecule has 0 bridgehead atoms. The number of carbonyl (C=O) groups excluding carboxylic acids is 1. The molecule has 1 aliphatic heterocycles. The zero-order valence-corrected chi connectivity index (χ0v) is 18.5. The van der Waals surface area contributed by atoms with Gasteiger partial charge in [0.2, 0.25) is 5.91 Å². The number of nitrogens with zero attached hydrogens (tertiary/aromatic N) is 1. The molecule has 0 radical (unpaired) electrons. The van der Waals surface area contributed by atoms with Crippen molar-refractivity contribution in [2.45, 2.75) is 30.6 Å². The fourth-order valence-electron chi connectivity index (χ4n) is 3.74. The minimum Gasteiger partial charge on any atom is -0.325 e. The Labute approximate surface area is 187 Å². The molecular formula is C24H23ClN2O3S. The van der Waals surface area contributed by atoms with E-state index < -0.39 is 10.0 Å². The van der Waals surface area contributed by atoms with Crippen molar-refractivity contribution in [1.82, 2.24) is 0 Å². The summed E-state index contributed by atoms with van der Waals surface area (Å²) in [7, 11) is -3.63. The van der Waals surface area contributed by atoms with Crippen LogP contribution in [0.15, 0.2) is 77.7 Å². The predicted octanol–water partition coefficient (Wildman–Crippen LogP) is 5.05. The van der Waals surface area contributed by atoms with E-state index in [4.69, 9.17) is 11.6 Å². The van der Waals surface area contributed by atoms with Crippen molar-refractivity contribution in [2.75, 3.05) is 16.2 Å². The molecule has 0 saturated carbocycles. The molecule has 0 aliphatic carbocycles. The number of amides is 1. The first-order chi connectivity index (χ1) is 14.9. The normalized spacial score (nSPS) is 13.5. The maximum atomic E-state index is 13.2. The molecule has 4 rings (SSSR count). The van der Waals surface area contributed by atoms with Crippen molar-refractivity contribution < 1.29 is 13.2 Å². The molecule has 1 amide bonds. The van der Waals surface area contributed by atoms with E-state index in [0.717, 1.165) is 29.7 Å². The molecule has 7 heteroatoms. The highest BCUT2D eigenvalue weighted by molar-refractivity contribution is 7.92. The maximum absolute atomic E-state index is 13.2. The molecule has 3 aromatic rings. The third-order valence-corrected chi connectivity index (χ3v) is 7.52. The number of aryl methyl sites for hydroxylation is 2. The average Bonchev–Trinajstić information content (AvgIpc) is 2.79. The van der Waals surface area contributed by atoms with Crippen LogP contribution in [0.25, 0.3) is 0 Å². The lowest BCUT2D eigenvalue weighted by molar-refractivity contribution is -0.116. The van der Waals surface area contributed by atoms with E-state index in [1.54, 1.807) is 48.5 Å². The van der Waals surface area contributed by atoms with Gasteiger partial charge >= 0.3 is 0 Å². The zero-order valence-electron chi connectivity index (χ0n) is 16.9. The van der Waals surface area contributed by atoms with Crippen LogP contribution in [0.1, 0.15) is 24.0 Å². The van der Waals surface area contributed by atoms with Crippen LogP contribution in [0.5, 0.6) is 0 Å². The number of fused-ring (bicyclic) bond motifs is 1. The maximum Gasteiger partial charge on any atom is 0.264 e. The van der Waals surface area contributed by atoms with Gasteiger partial charge in [0.15, 0.2) is 0 Å². The Morgan fingerprint density at radius 1 is 0.968 bits per heavy atom.